The molecule has 3 rings (SSSR count). The molecule has 0 aliphatic rings. The monoisotopic (exact) mass is 362 g/mol. The number of benzene rings is 2. The summed E-state index contributed by atoms with van der Waals surface area (Å²) in [7, 11) is 3.85. The number of fused-ring (bicyclic) bond motifs is 1. The van der Waals surface area contributed by atoms with Crippen molar-refractivity contribution >= 4 is 34.9 Å². The lowest BCUT2D eigenvalue weighted by Crippen LogP contribution is -2.08. The third kappa shape index (κ3) is 4.49. The molecular formula is C21H18N2O4. The zero-order valence-corrected chi connectivity index (χ0v) is 15.0. The molecule has 0 saturated carbocycles. The Bertz CT molecular complexity index is 1090. The second-order valence-electron chi connectivity index (χ2n) is 6.21. The van der Waals surface area contributed by atoms with Gasteiger partial charge in [0.1, 0.15) is 5.58 Å². The fraction of sp³-hybridized carbons (Fsp3) is 0.0952. The van der Waals surface area contributed by atoms with E-state index in [4.69, 9.17) is 4.42 Å². The van der Waals surface area contributed by atoms with Crippen LogP contribution in [0.15, 0.2) is 63.9 Å². The molecule has 0 spiro atoms. The quantitative estimate of drug-likeness (QED) is 0.385. The highest BCUT2D eigenvalue weighted by molar-refractivity contribution is 5.83. The molecule has 0 aliphatic heterocycles. The molecule has 0 amide bonds. The van der Waals surface area contributed by atoms with Crippen LogP contribution in [0.4, 0.5) is 5.69 Å². The maximum Gasteiger partial charge on any atom is 0.343 e. The molecular weight excluding hydrogens is 344 g/mol. The van der Waals surface area contributed by atoms with Crippen molar-refractivity contribution in [3.05, 3.63) is 92.0 Å². The van der Waals surface area contributed by atoms with Crippen LogP contribution in [0.1, 0.15) is 16.7 Å². The summed E-state index contributed by atoms with van der Waals surface area (Å²) in [5.74, 6) is 0. The van der Waals surface area contributed by atoms with Gasteiger partial charge >= 0.3 is 5.63 Å². The Kier molecular flexibility index (Phi) is 5.17. The number of rotatable bonds is 5. The van der Waals surface area contributed by atoms with E-state index < -0.39 is 10.5 Å². The standard InChI is InChI=1S/C21H18N2O4/c1-22(2)19-10-9-17-13-18(21(24)27-20(17)14-19)8-7-15-3-5-16(6-4-15)11-12-23(25)26/h3-14H,1-2H3. The third-order valence-corrected chi connectivity index (χ3v) is 4.04. The Morgan fingerprint density at radius 1 is 0.963 bits per heavy atom. The first-order valence-electron chi connectivity index (χ1n) is 8.27. The van der Waals surface area contributed by atoms with E-state index in [-0.39, 0.29) is 0 Å². The minimum atomic E-state index is -0.506. The molecule has 6 heteroatoms. The van der Waals surface area contributed by atoms with E-state index in [2.05, 4.69) is 0 Å². The van der Waals surface area contributed by atoms with Gasteiger partial charge in [-0.2, -0.15) is 0 Å². The normalized spacial score (nSPS) is 11.5. The summed E-state index contributed by atoms with van der Waals surface area (Å²) < 4.78 is 5.44. The van der Waals surface area contributed by atoms with Crippen LogP contribution in [0.5, 0.6) is 0 Å². The first kappa shape index (κ1) is 18.1. The summed E-state index contributed by atoms with van der Waals surface area (Å²) in [6.07, 6.45) is 5.82. The molecule has 0 unspecified atom stereocenters. The zero-order valence-electron chi connectivity index (χ0n) is 15.0. The molecule has 0 saturated heterocycles. The predicted molar refractivity (Wildman–Crippen MR) is 108 cm³/mol. The second kappa shape index (κ2) is 7.70. The SMILES string of the molecule is CN(C)c1ccc2cc(C=Cc3ccc(C=C[N+](=O)[O-])cc3)c(=O)oc2c1. The highest BCUT2D eigenvalue weighted by atomic mass is 16.6. The largest absolute Gasteiger partial charge is 0.422 e. The number of hydrogen-bond donors (Lipinski definition) is 0. The molecule has 1 heterocycles. The minimum Gasteiger partial charge on any atom is -0.422 e. The van der Waals surface area contributed by atoms with Crippen LogP contribution in [0.25, 0.3) is 29.2 Å². The number of nitrogens with zero attached hydrogens (tertiary/aromatic N) is 2. The van der Waals surface area contributed by atoms with Crippen LogP contribution in [-0.2, 0) is 0 Å². The molecule has 0 bridgehead atoms. The number of anilines is 1. The van der Waals surface area contributed by atoms with Crippen LogP contribution in [0.2, 0.25) is 0 Å². The molecule has 0 aliphatic carbocycles. The maximum absolute atomic E-state index is 12.2. The average molecular weight is 362 g/mol. The van der Waals surface area contributed by atoms with Crippen molar-refractivity contribution in [1.29, 1.82) is 0 Å². The second-order valence-corrected chi connectivity index (χ2v) is 6.21. The van der Waals surface area contributed by atoms with E-state index in [1.54, 1.807) is 30.4 Å². The highest BCUT2D eigenvalue weighted by Gasteiger charge is 2.05. The van der Waals surface area contributed by atoms with Gasteiger partial charge in [0.25, 0.3) is 0 Å². The van der Waals surface area contributed by atoms with E-state index in [1.165, 1.54) is 6.08 Å². The van der Waals surface area contributed by atoms with Gasteiger partial charge in [0.15, 0.2) is 0 Å². The highest BCUT2D eigenvalue weighted by Crippen LogP contribution is 2.21. The molecule has 0 atom stereocenters. The van der Waals surface area contributed by atoms with Crippen LogP contribution in [0, 0.1) is 10.1 Å². The topological polar surface area (TPSA) is 76.6 Å². The van der Waals surface area contributed by atoms with Crippen molar-refractivity contribution in [2.45, 2.75) is 0 Å². The van der Waals surface area contributed by atoms with Crippen LogP contribution in [-0.4, -0.2) is 19.0 Å². The molecule has 27 heavy (non-hydrogen) atoms. The molecule has 136 valence electrons. The zero-order chi connectivity index (χ0) is 19.4. The smallest absolute Gasteiger partial charge is 0.343 e. The fourth-order valence-corrected chi connectivity index (χ4v) is 2.56. The molecule has 0 fully saturated rings. The Hall–Kier alpha value is -3.67. The molecule has 3 aromatic rings. The van der Waals surface area contributed by atoms with Gasteiger partial charge in [0.2, 0.25) is 6.20 Å². The van der Waals surface area contributed by atoms with Gasteiger partial charge in [-0.05, 0) is 35.4 Å². The van der Waals surface area contributed by atoms with E-state index in [1.807, 2.05) is 49.3 Å². The lowest BCUT2D eigenvalue weighted by atomic mass is 10.1. The Balaban J connectivity index is 1.85. The van der Waals surface area contributed by atoms with Crippen molar-refractivity contribution in [1.82, 2.24) is 0 Å². The van der Waals surface area contributed by atoms with Crippen LogP contribution >= 0.6 is 0 Å². The first-order chi connectivity index (χ1) is 12.9. The average Bonchev–Trinajstić information content (AvgIpc) is 2.65. The van der Waals surface area contributed by atoms with Crippen molar-refractivity contribution in [3.63, 3.8) is 0 Å². The number of nitro groups is 1. The predicted octanol–water partition coefficient (Wildman–Crippen LogP) is 4.28. The van der Waals surface area contributed by atoms with Crippen molar-refractivity contribution in [2.24, 2.45) is 0 Å². The third-order valence-electron chi connectivity index (χ3n) is 4.04. The van der Waals surface area contributed by atoms with Gasteiger partial charge in [-0.1, -0.05) is 30.3 Å². The van der Waals surface area contributed by atoms with E-state index >= 15 is 0 Å². The lowest BCUT2D eigenvalue weighted by molar-refractivity contribution is -0.400. The van der Waals surface area contributed by atoms with Gasteiger partial charge < -0.3 is 9.32 Å². The van der Waals surface area contributed by atoms with Crippen molar-refractivity contribution in [3.8, 4) is 0 Å². The first-order valence-corrected chi connectivity index (χ1v) is 8.27. The van der Waals surface area contributed by atoms with Gasteiger partial charge in [0.05, 0.1) is 10.5 Å². The van der Waals surface area contributed by atoms with Gasteiger partial charge in [0, 0.05) is 37.3 Å². The van der Waals surface area contributed by atoms with Gasteiger partial charge in [-0.25, -0.2) is 4.79 Å². The van der Waals surface area contributed by atoms with Crippen LogP contribution in [0.3, 0.4) is 0 Å². The summed E-state index contributed by atoms with van der Waals surface area (Å²) in [5, 5.41) is 11.2. The summed E-state index contributed by atoms with van der Waals surface area (Å²) >= 11 is 0. The number of hydrogen-bond acceptors (Lipinski definition) is 5. The maximum atomic E-state index is 12.2. The van der Waals surface area contributed by atoms with Gasteiger partial charge in [-0.3, -0.25) is 10.1 Å². The Morgan fingerprint density at radius 2 is 1.63 bits per heavy atom. The van der Waals surface area contributed by atoms with Gasteiger partial charge in [-0.15, -0.1) is 0 Å². The molecule has 0 radical (unpaired) electrons. The Morgan fingerprint density at radius 3 is 2.26 bits per heavy atom. The Labute approximate surface area is 155 Å². The molecule has 1 aromatic heterocycles. The van der Waals surface area contributed by atoms with E-state index in [0.29, 0.717) is 11.1 Å². The molecule has 2 aromatic carbocycles. The van der Waals surface area contributed by atoms with Crippen LogP contribution < -0.4 is 10.5 Å². The lowest BCUT2D eigenvalue weighted by Gasteiger charge is -2.12. The van der Waals surface area contributed by atoms with Crippen molar-refractivity contribution < 1.29 is 9.34 Å². The molecule has 6 nitrogen and oxygen atoms in total. The van der Waals surface area contributed by atoms with E-state index in [0.717, 1.165) is 28.4 Å². The molecule has 0 N–H and O–H groups in total. The summed E-state index contributed by atoms with van der Waals surface area (Å²) in [5.41, 5.74) is 3.16. The summed E-state index contributed by atoms with van der Waals surface area (Å²) in [6.45, 7) is 0. The van der Waals surface area contributed by atoms with Crippen molar-refractivity contribution in [2.75, 3.05) is 19.0 Å². The minimum absolute atomic E-state index is 0.403. The summed E-state index contributed by atoms with van der Waals surface area (Å²) in [6, 6.07) is 14.7. The summed E-state index contributed by atoms with van der Waals surface area (Å²) in [4.78, 5) is 24.0. The fourth-order valence-electron chi connectivity index (χ4n) is 2.56. The van der Waals surface area contributed by atoms with E-state index in [9.17, 15) is 14.9 Å².